The van der Waals surface area contributed by atoms with Crippen LogP contribution in [0.25, 0.3) is 0 Å². The van der Waals surface area contributed by atoms with Crippen LogP contribution in [0.2, 0.25) is 0 Å². The summed E-state index contributed by atoms with van der Waals surface area (Å²) in [7, 11) is -3.51. The van der Waals surface area contributed by atoms with E-state index in [0.717, 1.165) is 37.7 Å². The largest absolute Gasteiger partial charge is 0.348 e. The molecule has 1 aliphatic rings. The molecule has 1 aromatic carbocycles. The van der Waals surface area contributed by atoms with Gasteiger partial charge in [-0.1, -0.05) is 38.3 Å². The van der Waals surface area contributed by atoms with Crippen LogP contribution < -0.4 is 15.4 Å². The van der Waals surface area contributed by atoms with Gasteiger partial charge in [0.15, 0.2) is 0 Å². The lowest BCUT2D eigenvalue weighted by atomic mass is 9.96. The highest BCUT2D eigenvalue weighted by Crippen LogP contribution is 2.20. The fourth-order valence-electron chi connectivity index (χ4n) is 3.14. The lowest BCUT2D eigenvalue weighted by molar-refractivity contribution is -0.139. The first-order valence-electron chi connectivity index (χ1n) is 10.0. The summed E-state index contributed by atoms with van der Waals surface area (Å²) in [5.41, 5.74) is 0.888. The maximum absolute atomic E-state index is 12.5. The number of carbonyl (C=O) groups excluding carboxylic acids is 2. The Labute approximate surface area is 167 Å². The van der Waals surface area contributed by atoms with Crippen molar-refractivity contribution in [3.8, 4) is 0 Å². The molecule has 2 amide bonds. The SMILES string of the molecule is CC[C@H](C)NC(=O)C(=O)NCCc1ccc(S(=O)(=O)NC2CCCCC2)cc1. The van der Waals surface area contributed by atoms with Crippen molar-refractivity contribution in [1.82, 2.24) is 15.4 Å². The maximum Gasteiger partial charge on any atom is 0.309 e. The van der Waals surface area contributed by atoms with E-state index in [1.54, 1.807) is 24.3 Å². The zero-order valence-electron chi connectivity index (χ0n) is 16.7. The van der Waals surface area contributed by atoms with E-state index in [-0.39, 0.29) is 17.0 Å². The first-order valence-corrected chi connectivity index (χ1v) is 11.5. The Kier molecular flexibility index (Phi) is 8.44. The van der Waals surface area contributed by atoms with Gasteiger partial charge >= 0.3 is 11.8 Å². The molecule has 0 heterocycles. The summed E-state index contributed by atoms with van der Waals surface area (Å²) in [6, 6.07) is 6.61. The van der Waals surface area contributed by atoms with Gasteiger partial charge in [0.1, 0.15) is 0 Å². The molecule has 0 bridgehead atoms. The molecule has 7 nitrogen and oxygen atoms in total. The van der Waals surface area contributed by atoms with Crippen LogP contribution in [0.5, 0.6) is 0 Å². The monoisotopic (exact) mass is 409 g/mol. The molecule has 28 heavy (non-hydrogen) atoms. The molecule has 0 aliphatic heterocycles. The molecule has 0 unspecified atom stereocenters. The number of rotatable bonds is 8. The van der Waals surface area contributed by atoms with Gasteiger partial charge in [-0.2, -0.15) is 0 Å². The second-order valence-electron chi connectivity index (χ2n) is 7.39. The van der Waals surface area contributed by atoms with Crippen molar-refractivity contribution >= 4 is 21.8 Å². The van der Waals surface area contributed by atoms with E-state index >= 15 is 0 Å². The Balaban J connectivity index is 1.82. The second-order valence-corrected chi connectivity index (χ2v) is 9.10. The normalized spacial score (nSPS) is 16.4. The van der Waals surface area contributed by atoms with Crippen LogP contribution in [0.4, 0.5) is 0 Å². The van der Waals surface area contributed by atoms with Crippen molar-refractivity contribution in [3.05, 3.63) is 29.8 Å². The van der Waals surface area contributed by atoms with Crippen molar-refractivity contribution in [2.45, 2.75) is 75.8 Å². The first-order chi connectivity index (χ1) is 13.3. The summed E-state index contributed by atoms with van der Waals surface area (Å²) in [6.07, 6.45) is 6.34. The van der Waals surface area contributed by atoms with Gasteiger partial charge in [0.25, 0.3) is 0 Å². The highest BCUT2D eigenvalue weighted by Gasteiger charge is 2.21. The molecule has 0 spiro atoms. The first kappa shape index (κ1) is 22.4. The lowest BCUT2D eigenvalue weighted by Crippen LogP contribution is -2.43. The third-order valence-electron chi connectivity index (χ3n) is 5.06. The minimum Gasteiger partial charge on any atom is -0.348 e. The summed E-state index contributed by atoms with van der Waals surface area (Å²) in [4.78, 5) is 23.7. The van der Waals surface area contributed by atoms with E-state index in [0.29, 0.717) is 13.0 Å². The van der Waals surface area contributed by atoms with E-state index in [2.05, 4.69) is 15.4 Å². The van der Waals surface area contributed by atoms with Crippen molar-refractivity contribution in [1.29, 1.82) is 0 Å². The van der Waals surface area contributed by atoms with Crippen molar-refractivity contribution in [2.75, 3.05) is 6.54 Å². The molecule has 0 radical (unpaired) electrons. The Hall–Kier alpha value is -1.93. The van der Waals surface area contributed by atoms with Crippen molar-refractivity contribution in [3.63, 3.8) is 0 Å². The molecular weight excluding hydrogens is 378 g/mol. The van der Waals surface area contributed by atoms with Gasteiger partial charge in [0.2, 0.25) is 10.0 Å². The zero-order chi connectivity index (χ0) is 20.6. The quantitative estimate of drug-likeness (QED) is 0.570. The molecule has 3 N–H and O–H groups in total. The summed E-state index contributed by atoms with van der Waals surface area (Å²) in [5.74, 6) is -1.29. The van der Waals surface area contributed by atoms with Gasteiger partial charge < -0.3 is 10.6 Å². The third-order valence-corrected chi connectivity index (χ3v) is 6.59. The van der Waals surface area contributed by atoms with Crippen LogP contribution in [0, 0.1) is 0 Å². The number of hydrogen-bond acceptors (Lipinski definition) is 4. The minimum atomic E-state index is -3.51. The van der Waals surface area contributed by atoms with E-state index in [9.17, 15) is 18.0 Å². The van der Waals surface area contributed by atoms with Gasteiger partial charge in [0, 0.05) is 18.6 Å². The minimum absolute atomic E-state index is 0.0233. The van der Waals surface area contributed by atoms with E-state index in [1.807, 2.05) is 13.8 Å². The number of carbonyl (C=O) groups is 2. The summed E-state index contributed by atoms with van der Waals surface area (Å²) >= 11 is 0. The third kappa shape index (κ3) is 6.91. The van der Waals surface area contributed by atoms with E-state index in [4.69, 9.17) is 0 Å². The van der Waals surface area contributed by atoms with Crippen LogP contribution >= 0.6 is 0 Å². The van der Waals surface area contributed by atoms with Crippen LogP contribution in [-0.2, 0) is 26.0 Å². The Bertz CT molecular complexity index is 756. The van der Waals surface area contributed by atoms with E-state index in [1.165, 1.54) is 6.42 Å². The topological polar surface area (TPSA) is 104 Å². The molecule has 156 valence electrons. The van der Waals surface area contributed by atoms with E-state index < -0.39 is 21.8 Å². The predicted molar refractivity (Wildman–Crippen MR) is 108 cm³/mol. The fourth-order valence-corrected chi connectivity index (χ4v) is 4.44. The molecule has 1 fully saturated rings. The molecule has 1 aliphatic carbocycles. The standard InChI is InChI=1S/C20H31N3O4S/c1-3-15(2)22-20(25)19(24)21-14-13-16-9-11-18(12-10-16)28(26,27)23-17-7-5-4-6-8-17/h9-12,15,17,23H,3-8,13-14H2,1-2H3,(H,21,24)(H,22,25)/t15-/m0/s1. The summed E-state index contributed by atoms with van der Waals surface area (Å²) < 4.78 is 27.8. The van der Waals surface area contributed by atoms with Gasteiger partial charge in [-0.25, -0.2) is 13.1 Å². The Morgan fingerprint density at radius 2 is 1.71 bits per heavy atom. The van der Waals surface area contributed by atoms with Crippen molar-refractivity contribution < 1.29 is 18.0 Å². The van der Waals surface area contributed by atoms with Gasteiger partial charge in [-0.3, -0.25) is 9.59 Å². The number of sulfonamides is 1. The lowest BCUT2D eigenvalue weighted by Gasteiger charge is -2.22. The predicted octanol–water partition coefficient (Wildman–Crippen LogP) is 1.87. The fraction of sp³-hybridized carbons (Fsp3) is 0.600. The second kappa shape index (κ2) is 10.6. The van der Waals surface area contributed by atoms with Crippen LogP contribution in [0.1, 0.15) is 57.9 Å². The van der Waals surface area contributed by atoms with Gasteiger partial charge in [-0.15, -0.1) is 0 Å². The average Bonchev–Trinajstić information content (AvgIpc) is 2.68. The molecule has 1 saturated carbocycles. The molecule has 0 saturated heterocycles. The maximum atomic E-state index is 12.5. The molecule has 2 rings (SSSR count). The van der Waals surface area contributed by atoms with Gasteiger partial charge in [-0.05, 0) is 50.3 Å². The number of amides is 2. The number of benzene rings is 1. The average molecular weight is 410 g/mol. The molecule has 1 aromatic rings. The van der Waals surface area contributed by atoms with Crippen LogP contribution in [0.3, 0.4) is 0 Å². The highest BCUT2D eigenvalue weighted by molar-refractivity contribution is 7.89. The Morgan fingerprint density at radius 1 is 1.07 bits per heavy atom. The molecule has 1 atom stereocenters. The van der Waals surface area contributed by atoms with Crippen LogP contribution in [-0.4, -0.2) is 38.9 Å². The smallest absolute Gasteiger partial charge is 0.309 e. The zero-order valence-corrected chi connectivity index (χ0v) is 17.5. The number of nitrogens with one attached hydrogen (secondary N) is 3. The molecule has 8 heteroatoms. The Morgan fingerprint density at radius 3 is 2.32 bits per heavy atom. The highest BCUT2D eigenvalue weighted by atomic mass is 32.2. The van der Waals surface area contributed by atoms with Gasteiger partial charge in [0.05, 0.1) is 4.90 Å². The summed E-state index contributed by atoms with van der Waals surface area (Å²) in [6.45, 7) is 4.07. The number of hydrogen-bond donors (Lipinski definition) is 3. The van der Waals surface area contributed by atoms with Crippen LogP contribution in [0.15, 0.2) is 29.2 Å². The van der Waals surface area contributed by atoms with Crippen molar-refractivity contribution in [2.24, 2.45) is 0 Å². The molecular formula is C20H31N3O4S. The molecule has 0 aromatic heterocycles. The summed E-state index contributed by atoms with van der Waals surface area (Å²) in [5, 5.41) is 5.19.